The SMILES string of the molecule is COc1ccc(NC(=O)c2cc(S(=O)(=O)Nc3nncn3CC(C)C)c(S)cc2Cl)cc1. The van der Waals surface area contributed by atoms with E-state index in [-0.39, 0.29) is 32.2 Å². The van der Waals surface area contributed by atoms with E-state index >= 15 is 0 Å². The zero-order valence-corrected chi connectivity index (χ0v) is 20.0. The Labute approximate surface area is 196 Å². The highest BCUT2D eigenvalue weighted by Gasteiger charge is 2.24. The highest BCUT2D eigenvalue weighted by Crippen LogP contribution is 2.29. The molecule has 3 aromatic rings. The third-order valence-corrected chi connectivity index (χ3v) is 6.54. The Morgan fingerprint density at radius 3 is 2.56 bits per heavy atom. The number of nitrogens with one attached hydrogen (secondary N) is 2. The smallest absolute Gasteiger partial charge is 0.265 e. The van der Waals surface area contributed by atoms with E-state index in [0.717, 1.165) is 0 Å². The predicted molar refractivity (Wildman–Crippen MR) is 125 cm³/mol. The van der Waals surface area contributed by atoms with E-state index < -0.39 is 15.9 Å². The van der Waals surface area contributed by atoms with Crippen LogP contribution in [0.5, 0.6) is 5.75 Å². The average molecular weight is 496 g/mol. The van der Waals surface area contributed by atoms with Crippen molar-refractivity contribution < 1.29 is 17.9 Å². The summed E-state index contributed by atoms with van der Waals surface area (Å²) in [5, 5.41) is 10.3. The minimum Gasteiger partial charge on any atom is -0.497 e. The summed E-state index contributed by atoms with van der Waals surface area (Å²) >= 11 is 10.5. The van der Waals surface area contributed by atoms with E-state index in [4.69, 9.17) is 16.3 Å². The number of halogens is 1. The fourth-order valence-electron chi connectivity index (χ4n) is 2.84. The number of carbonyl (C=O) groups excluding carboxylic acids is 1. The fraction of sp³-hybridized carbons (Fsp3) is 0.250. The van der Waals surface area contributed by atoms with Gasteiger partial charge in [-0.05, 0) is 42.3 Å². The molecule has 2 N–H and O–H groups in total. The lowest BCUT2D eigenvalue weighted by molar-refractivity contribution is 0.102. The number of hydrogen-bond donors (Lipinski definition) is 3. The second-order valence-electron chi connectivity index (χ2n) is 7.29. The molecule has 1 heterocycles. The molecule has 0 aliphatic rings. The molecule has 0 atom stereocenters. The predicted octanol–water partition coefficient (Wildman–Crippen LogP) is 3.94. The lowest BCUT2D eigenvalue weighted by Gasteiger charge is -2.14. The third-order valence-electron chi connectivity index (χ3n) is 4.33. The van der Waals surface area contributed by atoms with Crippen LogP contribution in [0.25, 0.3) is 0 Å². The van der Waals surface area contributed by atoms with Crippen molar-refractivity contribution in [3.63, 3.8) is 0 Å². The number of methoxy groups -OCH3 is 1. The maximum atomic E-state index is 13.0. The molecule has 0 saturated carbocycles. The summed E-state index contributed by atoms with van der Waals surface area (Å²) < 4.78 is 35.2. The van der Waals surface area contributed by atoms with Crippen LogP contribution in [0.15, 0.2) is 52.5 Å². The molecule has 0 unspecified atom stereocenters. The number of aromatic nitrogens is 3. The van der Waals surface area contributed by atoms with Crippen molar-refractivity contribution in [2.45, 2.75) is 30.2 Å². The van der Waals surface area contributed by atoms with E-state index in [1.54, 1.807) is 28.8 Å². The third kappa shape index (κ3) is 5.53. The Kier molecular flexibility index (Phi) is 7.32. The van der Waals surface area contributed by atoms with Crippen molar-refractivity contribution in [2.24, 2.45) is 5.92 Å². The molecule has 0 fully saturated rings. The molecule has 1 amide bonds. The highest BCUT2D eigenvalue weighted by molar-refractivity contribution is 7.93. The van der Waals surface area contributed by atoms with Crippen molar-refractivity contribution in [2.75, 3.05) is 17.1 Å². The van der Waals surface area contributed by atoms with Crippen molar-refractivity contribution >= 4 is 51.8 Å². The van der Waals surface area contributed by atoms with Crippen LogP contribution < -0.4 is 14.8 Å². The van der Waals surface area contributed by atoms with Gasteiger partial charge in [-0.25, -0.2) is 13.1 Å². The first-order valence-electron chi connectivity index (χ1n) is 9.49. The van der Waals surface area contributed by atoms with Gasteiger partial charge < -0.3 is 10.1 Å². The Hall–Kier alpha value is -2.76. The normalized spacial score (nSPS) is 11.4. The molecule has 0 bridgehead atoms. The molecule has 0 aliphatic heterocycles. The van der Waals surface area contributed by atoms with E-state index in [0.29, 0.717) is 18.0 Å². The number of ether oxygens (including phenoxy) is 1. The average Bonchev–Trinajstić information content (AvgIpc) is 3.13. The zero-order valence-electron chi connectivity index (χ0n) is 17.5. The standard InChI is InChI=1S/C20H22ClN5O4S2/c1-12(2)10-26-11-22-24-20(26)25-32(28,29)18-8-15(16(21)9-17(18)31)19(27)23-13-4-6-14(30-3)7-5-13/h4-9,11-12,31H,10H2,1-3H3,(H,23,27)(H,24,25). The van der Waals surface area contributed by atoms with Crippen LogP contribution in [0.1, 0.15) is 24.2 Å². The number of thiol groups is 1. The molecular formula is C20H22ClN5O4S2. The molecule has 0 saturated heterocycles. The summed E-state index contributed by atoms with van der Waals surface area (Å²) in [5.74, 6) is 0.363. The molecule has 170 valence electrons. The second-order valence-corrected chi connectivity index (χ2v) is 9.83. The van der Waals surface area contributed by atoms with Crippen LogP contribution in [-0.2, 0) is 16.6 Å². The molecule has 1 aromatic heterocycles. The van der Waals surface area contributed by atoms with Crippen molar-refractivity contribution in [1.29, 1.82) is 0 Å². The summed E-state index contributed by atoms with van der Waals surface area (Å²) in [6.45, 7) is 4.49. The van der Waals surface area contributed by atoms with Gasteiger partial charge in [0.25, 0.3) is 15.9 Å². The topological polar surface area (TPSA) is 115 Å². The van der Waals surface area contributed by atoms with Gasteiger partial charge in [0, 0.05) is 17.1 Å². The van der Waals surface area contributed by atoms with Crippen LogP contribution in [0.4, 0.5) is 11.6 Å². The van der Waals surface area contributed by atoms with Crippen molar-refractivity contribution in [1.82, 2.24) is 14.8 Å². The quantitative estimate of drug-likeness (QED) is 0.408. The van der Waals surface area contributed by atoms with Crippen LogP contribution in [0.2, 0.25) is 5.02 Å². The molecule has 12 heteroatoms. The fourth-order valence-corrected chi connectivity index (χ4v) is 4.84. The van der Waals surface area contributed by atoms with Crippen molar-refractivity contribution in [3.8, 4) is 5.75 Å². The second kappa shape index (κ2) is 9.80. The summed E-state index contributed by atoms with van der Waals surface area (Å²) in [6.07, 6.45) is 1.44. The first kappa shape index (κ1) is 23.9. The minimum atomic E-state index is -4.13. The number of benzene rings is 2. The zero-order chi connectivity index (χ0) is 23.5. The first-order chi connectivity index (χ1) is 15.1. The molecule has 0 spiro atoms. The summed E-state index contributed by atoms with van der Waals surface area (Å²) in [4.78, 5) is 12.6. The maximum absolute atomic E-state index is 13.0. The van der Waals surface area contributed by atoms with Gasteiger partial charge in [0.2, 0.25) is 5.95 Å². The lowest BCUT2D eigenvalue weighted by atomic mass is 10.2. The molecule has 9 nitrogen and oxygen atoms in total. The minimum absolute atomic E-state index is 0.0238. The van der Waals surface area contributed by atoms with Crippen molar-refractivity contribution in [3.05, 3.63) is 53.3 Å². The number of carbonyl (C=O) groups is 1. The highest BCUT2D eigenvalue weighted by atomic mass is 35.5. The van der Waals surface area contributed by atoms with E-state index in [2.05, 4.69) is 32.9 Å². The molecule has 32 heavy (non-hydrogen) atoms. The van der Waals surface area contributed by atoms with Gasteiger partial charge >= 0.3 is 0 Å². The summed E-state index contributed by atoms with van der Waals surface area (Å²) in [6, 6.07) is 9.15. The van der Waals surface area contributed by atoms with E-state index in [1.165, 1.54) is 25.6 Å². The molecular weight excluding hydrogens is 474 g/mol. The first-order valence-corrected chi connectivity index (χ1v) is 11.8. The molecule has 2 aromatic carbocycles. The number of rotatable bonds is 8. The van der Waals surface area contributed by atoms with Gasteiger partial charge in [-0.15, -0.1) is 22.8 Å². The molecule has 0 radical (unpaired) electrons. The van der Waals surface area contributed by atoms with E-state index in [1.807, 2.05) is 13.8 Å². The number of sulfonamides is 1. The summed E-state index contributed by atoms with van der Waals surface area (Å²) in [5.41, 5.74) is 0.468. The van der Waals surface area contributed by atoms with Gasteiger partial charge in [-0.1, -0.05) is 25.4 Å². The largest absolute Gasteiger partial charge is 0.497 e. The van der Waals surface area contributed by atoms with Gasteiger partial charge in [-0.3, -0.25) is 9.36 Å². The number of anilines is 2. The summed E-state index contributed by atoms with van der Waals surface area (Å²) in [7, 11) is -2.60. The Morgan fingerprint density at radius 2 is 1.94 bits per heavy atom. The van der Waals surface area contributed by atoms with Crippen LogP contribution >= 0.6 is 24.2 Å². The van der Waals surface area contributed by atoms with Crippen LogP contribution in [0, 0.1) is 5.92 Å². The molecule has 3 rings (SSSR count). The monoisotopic (exact) mass is 495 g/mol. The molecule has 0 aliphatic carbocycles. The Bertz CT molecular complexity index is 1230. The maximum Gasteiger partial charge on any atom is 0.265 e. The van der Waals surface area contributed by atoms with E-state index in [9.17, 15) is 13.2 Å². The number of hydrogen-bond acceptors (Lipinski definition) is 7. The number of amides is 1. The Morgan fingerprint density at radius 1 is 1.25 bits per heavy atom. The van der Waals surface area contributed by atoms with Crippen LogP contribution in [0.3, 0.4) is 0 Å². The Balaban J connectivity index is 1.89. The van der Waals surface area contributed by atoms with Gasteiger partial charge in [0.15, 0.2) is 0 Å². The lowest BCUT2D eigenvalue weighted by Crippen LogP contribution is -2.19. The van der Waals surface area contributed by atoms with Crippen LogP contribution in [-0.4, -0.2) is 36.2 Å². The van der Waals surface area contributed by atoms with Gasteiger partial charge in [0.05, 0.1) is 17.7 Å². The van der Waals surface area contributed by atoms with Gasteiger partial charge in [-0.2, -0.15) is 0 Å². The van der Waals surface area contributed by atoms with Gasteiger partial charge in [0.1, 0.15) is 17.0 Å². The number of nitrogens with zero attached hydrogens (tertiary/aromatic N) is 3.